The minimum Gasteiger partial charge on any atom is -0.452 e. The lowest BCUT2D eigenvalue weighted by atomic mass is 10.1. The fraction of sp³-hybridized carbons (Fsp3) is 0.609. The first-order chi connectivity index (χ1) is 15.5. The summed E-state index contributed by atoms with van der Waals surface area (Å²) in [6.07, 6.45) is 1.62. The molecule has 2 amide bonds. The molecule has 0 aromatic carbocycles. The normalized spacial score (nSPS) is 17.7. The van der Waals surface area contributed by atoms with Crippen LogP contribution in [0.15, 0.2) is 30.4 Å². The summed E-state index contributed by atoms with van der Waals surface area (Å²) in [5, 5.41) is 0. The molecule has 0 spiro atoms. The van der Waals surface area contributed by atoms with Gasteiger partial charge in [0.2, 0.25) is 6.29 Å². The van der Waals surface area contributed by atoms with Gasteiger partial charge in [0.25, 0.3) is 5.91 Å². The quantitative estimate of drug-likeness (QED) is 0.262. The van der Waals surface area contributed by atoms with E-state index in [2.05, 4.69) is 18.2 Å². The third-order valence-corrected chi connectivity index (χ3v) is 5.01. The van der Waals surface area contributed by atoms with E-state index in [4.69, 9.17) is 14.2 Å². The molecule has 184 valence electrons. The Labute approximate surface area is 195 Å². The van der Waals surface area contributed by atoms with Crippen LogP contribution in [0.1, 0.15) is 47.0 Å². The van der Waals surface area contributed by atoms with Crippen LogP contribution < -0.4 is 0 Å². The molecular weight excluding hydrogens is 430 g/mol. The summed E-state index contributed by atoms with van der Waals surface area (Å²) >= 11 is 0. The van der Waals surface area contributed by atoms with Crippen molar-refractivity contribution in [1.82, 2.24) is 9.80 Å². The molecule has 0 radical (unpaired) electrons. The van der Waals surface area contributed by atoms with Crippen LogP contribution in [-0.4, -0.2) is 78.0 Å². The molecule has 10 nitrogen and oxygen atoms in total. The molecule has 0 aromatic heterocycles. The largest absolute Gasteiger partial charge is 0.452 e. The van der Waals surface area contributed by atoms with Gasteiger partial charge in [-0.2, -0.15) is 0 Å². The van der Waals surface area contributed by atoms with Crippen molar-refractivity contribution in [3.05, 3.63) is 25.4 Å². The van der Waals surface area contributed by atoms with Crippen molar-refractivity contribution in [2.45, 2.75) is 65.4 Å². The standard InChI is InChI=1S/C23H35N3O7/c1-8-18(24-9-2)12-14-25(7)23(30)33-17(6)32-22(29)19-11-10-13-26(19)21(28)20(15(3)4)31-16(5)27/h8-9,15,17,19-20H,1-2,10-14H2,3-7H3/t17?,19-,20+/m1/s1. The van der Waals surface area contributed by atoms with Crippen LogP contribution in [0.25, 0.3) is 0 Å². The molecule has 1 heterocycles. The van der Waals surface area contributed by atoms with Gasteiger partial charge < -0.3 is 24.0 Å². The highest BCUT2D eigenvalue weighted by Gasteiger charge is 2.40. The van der Waals surface area contributed by atoms with Gasteiger partial charge in [-0.3, -0.25) is 14.6 Å². The minimum atomic E-state index is -1.15. The number of aliphatic imine (C=N–C) groups is 1. The first-order valence-corrected chi connectivity index (χ1v) is 10.9. The van der Waals surface area contributed by atoms with E-state index in [0.717, 1.165) is 0 Å². The number of hydrogen-bond donors (Lipinski definition) is 0. The third kappa shape index (κ3) is 8.70. The van der Waals surface area contributed by atoms with Crippen molar-refractivity contribution in [3.63, 3.8) is 0 Å². The zero-order valence-corrected chi connectivity index (χ0v) is 20.1. The van der Waals surface area contributed by atoms with Crippen LogP contribution in [0.3, 0.4) is 0 Å². The van der Waals surface area contributed by atoms with Gasteiger partial charge in [0.15, 0.2) is 6.10 Å². The average Bonchev–Trinajstić information content (AvgIpc) is 3.23. The lowest BCUT2D eigenvalue weighted by molar-refractivity contribution is -0.175. The van der Waals surface area contributed by atoms with Gasteiger partial charge in [0.1, 0.15) is 6.04 Å². The minimum absolute atomic E-state index is 0.257. The molecule has 0 aromatic rings. The van der Waals surface area contributed by atoms with E-state index in [9.17, 15) is 19.2 Å². The van der Waals surface area contributed by atoms with Crippen LogP contribution in [0.5, 0.6) is 0 Å². The smallest absolute Gasteiger partial charge is 0.412 e. The second-order valence-electron chi connectivity index (χ2n) is 8.03. The highest BCUT2D eigenvalue weighted by atomic mass is 16.7. The summed E-state index contributed by atoms with van der Waals surface area (Å²) in [6.45, 7) is 14.0. The number of carbonyl (C=O) groups is 4. The average molecular weight is 466 g/mol. The van der Waals surface area contributed by atoms with Gasteiger partial charge in [0, 0.05) is 52.3 Å². The Morgan fingerprint density at radius 2 is 1.82 bits per heavy atom. The highest BCUT2D eigenvalue weighted by molar-refractivity contribution is 5.95. The second-order valence-corrected chi connectivity index (χ2v) is 8.03. The summed E-state index contributed by atoms with van der Waals surface area (Å²) in [4.78, 5) is 56.0. The van der Waals surface area contributed by atoms with E-state index in [1.54, 1.807) is 27.0 Å². The van der Waals surface area contributed by atoms with Gasteiger partial charge in [-0.15, -0.1) is 0 Å². The molecule has 1 fully saturated rings. The van der Waals surface area contributed by atoms with Crippen molar-refractivity contribution < 1.29 is 33.4 Å². The fourth-order valence-electron chi connectivity index (χ4n) is 3.30. The van der Waals surface area contributed by atoms with Crippen LogP contribution in [0, 0.1) is 5.92 Å². The van der Waals surface area contributed by atoms with E-state index in [1.165, 1.54) is 29.8 Å². The van der Waals surface area contributed by atoms with Crippen molar-refractivity contribution in [3.8, 4) is 0 Å². The second kappa shape index (κ2) is 13.4. The van der Waals surface area contributed by atoms with Gasteiger partial charge in [-0.05, 0) is 24.8 Å². The van der Waals surface area contributed by atoms with E-state index in [0.29, 0.717) is 38.1 Å². The van der Waals surface area contributed by atoms with Crippen LogP contribution in [-0.2, 0) is 28.6 Å². The Morgan fingerprint density at radius 1 is 1.15 bits per heavy atom. The number of carbonyl (C=O) groups excluding carboxylic acids is 4. The van der Waals surface area contributed by atoms with Gasteiger partial charge in [0.05, 0.1) is 0 Å². The first kappa shape index (κ1) is 27.9. The molecule has 1 unspecified atom stereocenters. The number of likely N-dealkylation sites (tertiary alicyclic amines) is 1. The Balaban J connectivity index is 2.67. The van der Waals surface area contributed by atoms with Crippen molar-refractivity contribution in [2.75, 3.05) is 20.1 Å². The maximum Gasteiger partial charge on any atom is 0.412 e. The van der Waals surface area contributed by atoms with E-state index in [1.807, 2.05) is 0 Å². The molecule has 1 aliphatic rings. The van der Waals surface area contributed by atoms with E-state index in [-0.39, 0.29) is 5.92 Å². The molecule has 0 N–H and O–H groups in total. The van der Waals surface area contributed by atoms with E-state index >= 15 is 0 Å². The summed E-state index contributed by atoms with van der Waals surface area (Å²) in [6, 6.07) is -0.835. The van der Waals surface area contributed by atoms with Crippen molar-refractivity contribution >= 4 is 29.7 Å². The molecule has 0 saturated carbocycles. The predicted octanol–water partition coefficient (Wildman–Crippen LogP) is 2.68. The predicted molar refractivity (Wildman–Crippen MR) is 122 cm³/mol. The SMILES string of the molecule is C=CN=C(C=C)CCN(C)C(=O)OC(C)OC(=O)[C@H]1CCCN1C(=O)[C@@H](OC(C)=O)C(C)C. The van der Waals surface area contributed by atoms with Gasteiger partial charge >= 0.3 is 18.0 Å². The maximum atomic E-state index is 12.9. The number of allylic oxidation sites excluding steroid dienone is 1. The summed E-state index contributed by atoms with van der Waals surface area (Å²) in [5.74, 6) is -1.95. The zero-order chi connectivity index (χ0) is 25.1. The Kier molecular flexibility index (Phi) is 11.3. The zero-order valence-electron chi connectivity index (χ0n) is 20.1. The van der Waals surface area contributed by atoms with Crippen molar-refractivity contribution in [2.24, 2.45) is 10.9 Å². The monoisotopic (exact) mass is 465 g/mol. The molecule has 1 rings (SSSR count). The number of esters is 2. The molecule has 33 heavy (non-hydrogen) atoms. The molecule has 1 saturated heterocycles. The van der Waals surface area contributed by atoms with Crippen molar-refractivity contribution in [1.29, 1.82) is 0 Å². The van der Waals surface area contributed by atoms with E-state index < -0.39 is 42.4 Å². The number of amides is 2. The molecule has 3 atom stereocenters. The summed E-state index contributed by atoms with van der Waals surface area (Å²) in [7, 11) is 1.55. The lowest BCUT2D eigenvalue weighted by Crippen LogP contribution is -2.49. The van der Waals surface area contributed by atoms with Crippen LogP contribution in [0.2, 0.25) is 0 Å². The molecule has 0 bridgehead atoms. The highest BCUT2D eigenvalue weighted by Crippen LogP contribution is 2.23. The third-order valence-electron chi connectivity index (χ3n) is 5.01. The topological polar surface area (TPSA) is 115 Å². The van der Waals surface area contributed by atoms with Gasteiger partial charge in [-0.1, -0.05) is 27.0 Å². The van der Waals surface area contributed by atoms with Gasteiger partial charge in [-0.25, -0.2) is 9.59 Å². The Morgan fingerprint density at radius 3 is 2.36 bits per heavy atom. The number of hydrogen-bond acceptors (Lipinski definition) is 8. The number of ether oxygens (including phenoxy) is 3. The first-order valence-electron chi connectivity index (χ1n) is 10.9. The molecule has 10 heteroatoms. The lowest BCUT2D eigenvalue weighted by Gasteiger charge is -2.29. The summed E-state index contributed by atoms with van der Waals surface area (Å²) < 4.78 is 15.6. The Hall–Kier alpha value is -3.17. The molecular formula is C23H35N3O7. The van der Waals surface area contributed by atoms with Crippen LogP contribution in [0.4, 0.5) is 4.79 Å². The van der Waals surface area contributed by atoms with Crippen LogP contribution >= 0.6 is 0 Å². The number of nitrogens with zero attached hydrogens (tertiary/aromatic N) is 3. The fourth-order valence-corrected chi connectivity index (χ4v) is 3.30. The molecule has 1 aliphatic heterocycles. The Bertz CT molecular complexity index is 778. The number of rotatable bonds is 11. The molecule has 0 aliphatic carbocycles. The maximum absolute atomic E-state index is 12.9. The summed E-state index contributed by atoms with van der Waals surface area (Å²) in [5.41, 5.74) is 0.670.